The van der Waals surface area contributed by atoms with Gasteiger partial charge in [0, 0.05) is 11.1 Å². The third kappa shape index (κ3) is 3.84. The number of halogens is 1. The van der Waals surface area contributed by atoms with Gasteiger partial charge in [0.1, 0.15) is 5.75 Å². The Labute approximate surface area is 129 Å². The lowest BCUT2D eigenvalue weighted by atomic mass is 9.99. The van der Waals surface area contributed by atoms with Crippen LogP contribution in [0.4, 0.5) is 0 Å². The van der Waals surface area contributed by atoms with E-state index < -0.39 is 0 Å². The van der Waals surface area contributed by atoms with Gasteiger partial charge < -0.3 is 10.5 Å². The molecule has 0 aliphatic rings. The number of nitrogens with two attached hydrogens (primary N) is 1. The molecular weight excluding hydrogens is 353 g/mol. The molecule has 1 aromatic rings. The van der Waals surface area contributed by atoms with E-state index in [0.29, 0.717) is 18.1 Å². The van der Waals surface area contributed by atoms with Gasteiger partial charge in [0.15, 0.2) is 0 Å². The number of benzene rings is 1. The predicted molar refractivity (Wildman–Crippen MR) is 86.8 cm³/mol. The minimum atomic E-state index is -0.377. The summed E-state index contributed by atoms with van der Waals surface area (Å²) in [7, 11) is 0. The number of aryl methyl sites for hydroxylation is 1. The van der Waals surface area contributed by atoms with E-state index in [0.717, 1.165) is 33.3 Å². The number of carbonyl (C=O) groups excluding carboxylic acids is 1. The maximum atomic E-state index is 11.6. The first-order valence-electron chi connectivity index (χ1n) is 6.69. The lowest BCUT2D eigenvalue weighted by Crippen LogP contribution is -2.17. The van der Waals surface area contributed by atoms with E-state index in [2.05, 4.69) is 43.4 Å². The monoisotopic (exact) mass is 375 g/mol. The molecule has 0 aliphatic carbocycles. The maximum Gasteiger partial charge on any atom is 0.249 e. The summed E-state index contributed by atoms with van der Waals surface area (Å²) in [6.07, 6.45) is 1.60. The van der Waals surface area contributed by atoms with Crippen LogP contribution in [0.25, 0.3) is 0 Å². The highest BCUT2D eigenvalue weighted by atomic mass is 127. The van der Waals surface area contributed by atoms with E-state index in [9.17, 15) is 4.79 Å². The Morgan fingerprint density at radius 1 is 1.37 bits per heavy atom. The zero-order valence-corrected chi connectivity index (χ0v) is 14.2. The molecule has 0 fully saturated rings. The average Bonchev–Trinajstić information content (AvgIpc) is 2.35. The van der Waals surface area contributed by atoms with Crippen LogP contribution in [0.3, 0.4) is 0 Å². The van der Waals surface area contributed by atoms with Crippen LogP contribution in [0.15, 0.2) is 6.07 Å². The molecule has 0 bridgehead atoms. The maximum absolute atomic E-state index is 11.6. The fourth-order valence-corrected chi connectivity index (χ4v) is 2.97. The fraction of sp³-hybridized carbons (Fsp3) is 0.533. The van der Waals surface area contributed by atoms with Crippen molar-refractivity contribution in [3.05, 3.63) is 26.3 Å². The summed E-state index contributed by atoms with van der Waals surface area (Å²) in [5, 5.41) is 0. The second kappa shape index (κ2) is 7.12. The normalized spacial score (nSPS) is 10.8. The number of primary amides is 1. The molecule has 2 N–H and O–H groups in total. The van der Waals surface area contributed by atoms with Crippen LogP contribution in [-0.2, 0) is 12.8 Å². The van der Waals surface area contributed by atoms with Crippen LogP contribution in [0.5, 0.6) is 5.75 Å². The molecule has 0 aliphatic heterocycles. The van der Waals surface area contributed by atoms with E-state index in [-0.39, 0.29) is 5.91 Å². The van der Waals surface area contributed by atoms with Crippen LogP contribution >= 0.6 is 22.6 Å². The van der Waals surface area contributed by atoms with Crippen molar-refractivity contribution in [3.8, 4) is 5.75 Å². The van der Waals surface area contributed by atoms with Crippen molar-refractivity contribution in [2.45, 2.75) is 40.5 Å². The van der Waals surface area contributed by atoms with Gasteiger partial charge in [-0.1, -0.05) is 27.7 Å². The molecule has 1 rings (SSSR count). The Hall–Kier alpha value is -0.780. The Bertz CT molecular complexity index is 470. The van der Waals surface area contributed by atoms with Gasteiger partial charge in [-0.2, -0.15) is 0 Å². The van der Waals surface area contributed by atoms with Crippen LogP contribution in [0.1, 0.15) is 49.2 Å². The number of rotatable bonds is 6. The molecule has 0 atom stereocenters. The summed E-state index contributed by atoms with van der Waals surface area (Å²) >= 11 is 2.30. The molecule has 0 radical (unpaired) electrons. The summed E-state index contributed by atoms with van der Waals surface area (Å²) < 4.78 is 7.04. The highest BCUT2D eigenvalue weighted by Gasteiger charge is 2.19. The van der Waals surface area contributed by atoms with Gasteiger partial charge in [-0.05, 0) is 53.0 Å². The Morgan fingerprint density at radius 2 is 2.00 bits per heavy atom. The summed E-state index contributed by atoms with van der Waals surface area (Å²) in [6, 6.07) is 1.91. The van der Waals surface area contributed by atoms with Gasteiger partial charge in [0.25, 0.3) is 0 Å². The third-order valence-electron chi connectivity index (χ3n) is 2.96. The molecule has 1 amide bonds. The summed E-state index contributed by atoms with van der Waals surface area (Å²) in [5.41, 5.74) is 8.13. The molecule has 19 heavy (non-hydrogen) atoms. The van der Waals surface area contributed by atoms with E-state index in [1.807, 2.05) is 13.0 Å². The standard InChI is InChI=1S/C15H22INO2/c1-5-10-7-12(15(17)18)11(6-2)14(13(10)16)19-8-9(3)4/h7,9H,5-6,8H2,1-4H3,(H2,17,18). The van der Waals surface area contributed by atoms with E-state index >= 15 is 0 Å². The van der Waals surface area contributed by atoms with Crippen LogP contribution in [0, 0.1) is 9.49 Å². The molecule has 1 aromatic carbocycles. The lowest BCUT2D eigenvalue weighted by Gasteiger charge is -2.19. The number of hydrogen-bond acceptors (Lipinski definition) is 2. The van der Waals surface area contributed by atoms with Crippen molar-refractivity contribution >= 4 is 28.5 Å². The smallest absolute Gasteiger partial charge is 0.249 e. The molecule has 3 nitrogen and oxygen atoms in total. The lowest BCUT2D eigenvalue weighted by molar-refractivity contribution is 0.0998. The van der Waals surface area contributed by atoms with Gasteiger partial charge in [-0.15, -0.1) is 0 Å². The number of amides is 1. The quantitative estimate of drug-likeness (QED) is 0.774. The number of ether oxygens (including phenoxy) is 1. The minimum Gasteiger partial charge on any atom is -0.492 e. The van der Waals surface area contributed by atoms with E-state index in [4.69, 9.17) is 10.5 Å². The van der Waals surface area contributed by atoms with Gasteiger partial charge in [0.2, 0.25) is 5.91 Å². The SMILES string of the molecule is CCc1cc(C(N)=O)c(CC)c(OCC(C)C)c1I. The van der Waals surface area contributed by atoms with Crippen molar-refractivity contribution in [1.29, 1.82) is 0 Å². The summed E-state index contributed by atoms with van der Waals surface area (Å²) in [4.78, 5) is 11.6. The molecule has 4 heteroatoms. The van der Waals surface area contributed by atoms with E-state index in [1.165, 1.54) is 0 Å². The van der Waals surface area contributed by atoms with Crippen molar-refractivity contribution in [2.24, 2.45) is 11.7 Å². The second-order valence-corrected chi connectivity index (χ2v) is 6.06. The molecule has 0 unspecified atom stereocenters. The average molecular weight is 375 g/mol. The van der Waals surface area contributed by atoms with Gasteiger partial charge in [0.05, 0.1) is 10.2 Å². The van der Waals surface area contributed by atoms with Crippen LogP contribution in [0.2, 0.25) is 0 Å². The molecule has 106 valence electrons. The highest BCUT2D eigenvalue weighted by molar-refractivity contribution is 14.1. The molecule has 0 spiro atoms. The zero-order valence-electron chi connectivity index (χ0n) is 12.0. The minimum absolute atomic E-state index is 0.377. The fourth-order valence-electron chi connectivity index (χ4n) is 1.95. The predicted octanol–water partition coefficient (Wildman–Crippen LogP) is 3.55. The first kappa shape index (κ1) is 16.3. The zero-order chi connectivity index (χ0) is 14.6. The highest BCUT2D eigenvalue weighted by Crippen LogP contribution is 2.33. The number of carbonyl (C=O) groups is 1. The van der Waals surface area contributed by atoms with Crippen LogP contribution in [-0.4, -0.2) is 12.5 Å². The van der Waals surface area contributed by atoms with Gasteiger partial charge >= 0.3 is 0 Å². The van der Waals surface area contributed by atoms with Crippen molar-refractivity contribution in [1.82, 2.24) is 0 Å². The molecule has 0 saturated heterocycles. The Balaban J connectivity index is 3.37. The van der Waals surface area contributed by atoms with Gasteiger partial charge in [-0.3, -0.25) is 4.79 Å². The van der Waals surface area contributed by atoms with Crippen molar-refractivity contribution in [2.75, 3.05) is 6.61 Å². The first-order chi connectivity index (χ1) is 8.92. The molecule has 0 aromatic heterocycles. The van der Waals surface area contributed by atoms with Gasteiger partial charge in [-0.25, -0.2) is 0 Å². The Kier molecular flexibility index (Phi) is 6.10. The molecule has 0 saturated carbocycles. The van der Waals surface area contributed by atoms with Crippen LogP contribution < -0.4 is 10.5 Å². The summed E-state index contributed by atoms with van der Waals surface area (Å²) in [5.74, 6) is 0.908. The third-order valence-corrected chi connectivity index (χ3v) is 4.14. The second-order valence-electron chi connectivity index (χ2n) is 4.98. The summed E-state index contributed by atoms with van der Waals surface area (Å²) in [6.45, 7) is 8.95. The largest absolute Gasteiger partial charge is 0.492 e. The molecular formula is C15H22INO2. The van der Waals surface area contributed by atoms with Crippen molar-refractivity contribution in [3.63, 3.8) is 0 Å². The molecule has 0 heterocycles. The van der Waals surface area contributed by atoms with Crippen molar-refractivity contribution < 1.29 is 9.53 Å². The van der Waals surface area contributed by atoms with E-state index in [1.54, 1.807) is 0 Å². The number of hydrogen-bond donors (Lipinski definition) is 1. The first-order valence-corrected chi connectivity index (χ1v) is 7.76. The Morgan fingerprint density at radius 3 is 2.42 bits per heavy atom. The topological polar surface area (TPSA) is 52.3 Å².